The maximum absolute atomic E-state index is 14.7. The Bertz CT molecular complexity index is 1930. The number of ketones is 1. The highest BCUT2D eigenvalue weighted by atomic mass is 32.2. The molecule has 2 heterocycles. The number of benzene rings is 2. The van der Waals surface area contributed by atoms with E-state index in [4.69, 9.17) is 0 Å². The first-order valence-electron chi connectivity index (χ1n) is 14.5. The minimum Gasteiger partial charge on any atom is -0.326 e. The number of aromatic nitrogens is 2. The third-order valence-electron chi connectivity index (χ3n) is 8.45. The Hall–Kier alpha value is -3.82. The Kier molecular flexibility index (Phi) is 8.09. The van der Waals surface area contributed by atoms with Crippen molar-refractivity contribution in [1.29, 1.82) is 0 Å². The summed E-state index contributed by atoms with van der Waals surface area (Å²) in [5.41, 5.74) is 5.15. The minimum atomic E-state index is -3.82. The quantitative estimate of drug-likeness (QED) is 0.162. The van der Waals surface area contributed by atoms with E-state index in [9.17, 15) is 22.4 Å². The Balaban J connectivity index is 1.68. The topological polar surface area (TPSA) is 92.2 Å². The first-order chi connectivity index (χ1) is 20.3. The molecule has 2 aromatic heterocycles. The number of rotatable bonds is 11. The van der Waals surface area contributed by atoms with Crippen LogP contribution in [0.15, 0.2) is 60.0 Å². The predicted octanol–water partition coefficient (Wildman–Crippen LogP) is 6.22. The monoisotopic (exact) mass is 603 g/mol. The molecule has 7 nitrogen and oxygen atoms in total. The van der Waals surface area contributed by atoms with Crippen molar-refractivity contribution in [1.82, 2.24) is 13.9 Å². The second kappa shape index (κ2) is 11.4. The van der Waals surface area contributed by atoms with Crippen molar-refractivity contribution >= 4 is 26.7 Å². The average Bonchev–Trinajstić information content (AvgIpc) is 3.65. The summed E-state index contributed by atoms with van der Waals surface area (Å²) in [5.74, 6) is -0.539. The van der Waals surface area contributed by atoms with Crippen molar-refractivity contribution in [3.8, 4) is 11.1 Å². The lowest BCUT2D eigenvalue weighted by Gasteiger charge is -2.17. The maximum atomic E-state index is 14.7. The molecule has 1 fully saturated rings. The number of nitrogens with one attached hydrogen (secondary N) is 1. The Morgan fingerprint density at radius 1 is 1.09 bits per heavy atom. The van der Waals surface area contributed by atoms with E-state index in [1.807, 2.05) is 38.9 Å². The molecule has 0 bridgehead atoms. The van der Waals surface area contributed by atoms with E-state index in [2.05, 4.69) is 11.6 Å². The number of aryl methyl sites for hydroxylation is 3. The van der Waals surface area contributed by atoms with Gasteiger partial charge in [-0.15, -0.1) is 6.58 Å². The van der Waals surface area contributed by atoms with Gasteiger partial charge in [-0.05, 0) is 113 Å². The SMILES string of the molecule is C=CCC1(S(=O)(=O)n2cc(C)c3c(C(=O)CCc4c(C)cc(C)[nH]c4=O)cc(-c4ccc(F)c(CN(C)C)c4)cc32)CC1. The van der Waals surface area contributed by atoms with Crippen molar-refractivity contribution in [2.45, 2.75) is 64.2 Å². The molecule has 0 aliphatic heterocycles. The third kappa shape index (κ3) is 5.63. The highest BCUT2D eigenvalue weighted by molar-refractivity contribution is 7.91. The van der Waals surface area contributed by atoms with Crippen molar-refractivity contribution in [3.05, 3.63) is 105 Å². The molecule has 0 radical (unpaired) electrons. The molecule has 2 aromatic carbocycles. The van der Waals surface area contributed by atoms with E-state index in [0.29, 0.717) is 70.1 Å². The molecule has 226 valence electrons. The number of hydrogen-bond acceptors (Lipinski definition) is 5. The summed E-state index contributed by atoms with van der Waals surface area (Å²) in [6.07, 6.45) is 4.98. The van der Waals surface area contributed by atoms with Gasteiger partial charge in [0.15, 0.2) is 5.78 Å². The fraction of sp³-hybridized carbons (Fsp3) is 0.353. The standard InChI is InChI=1S/C34H38FN3O4S/c1-7-12-34(13-14-34)43(41,42)38-19-22(3)32-28(31(39)11-9-27-21(2)15-23(4)36-33(27)40)17-25(18-30(32)38)24-8-10-29(35)26(16-24)20-37(5)6/h7-8,10,15-19H,1,9,11-14,20H2,2-6H3,(H,36,40). The molecule has 1 N–H and O–H groups in total. The molecule has 1 aliphatic rings. The lowest BCUT2D eigenvalue weighted by Crippen LogP contribution is -2.28. The van der Waals surface area contributed by atoms with Crippen LogP contribution in [-0.4, -0.2) is 46.9 Å². The van der Waals surface area contributed by atoms with Gasteiger partial charge in [0.05, 0.1) is 10.3 Å². The van der Waals surface area contributed by atoms with Crippen LogP contribution in [0.5, 0.6) is 0 Å². The van der Waals surface area contributed by atoms with Crippen LogP contribution in [0, 0.1) is 26.6 Å². The minimum absolute atomic E-state index is 0.0681. The smallest absolute Gasteiger partial charge is 0.251 e. The Morgan fingerprint density at radius 2 is 1.81 bits per heavy atom. The number of halogens is 1. The second-order valence-corrected chi connectivity index (χ2v) is 14.3. The van der Waals surface area contributed by atoms with Gasteiger partial charge in [-0.2, -0.15) is 0 Å². The first-order valence-corrected chi connectivity index (χ1v) is 15.9. The van der Waals surface area contributed by atoms with E-state index in [1.54, 1.807) is 43.5 Å². The fourth-order valence-corrected chi connectivity index (χ4v) is 8.13. The number of nitrogens with zero attached hydrogens (tertiary/aromatic N) is 2. The first kappa shape index (κ1) is 30.6. The Labute approximate surface area is 252 Å². The van der Waals surface area contributed by atoms with Crippen molar-refractivity contribution in [2.24, 2.45) is 0 Å². The summed E-state index contributed by atoms with van der Waals surface area (Å²) in [4.78, 5) is 31.3. The average molecular weight is 604 g/mol. The van der Waals surface area contributed by atoms with Gasteiger partial charge < -0.3 is 9.88 Å². The molecule has 1 aliphatic carbocycles. The summed E-state index contributed by atoms with van der Waals surface area (Å²) in [6, 6.07) is 10.2. The van der Waals surface area contributed by atoms with Crippen LogP contribution >= 0.6 is 0 Å². The van der Waals surface area contributed by atoms with Gasteiger partial charge in [0.2, 0.25) is 10.0 Å². The van der Waals surface area contributed by atoms with Gasteiger partial charge in [-0.25, -0.2) is 16.8 Å². The van der Waals surface area contributed by atoms with Crippen LogP contribution in [0.1, 0.15) is 64.0 Å². The van der Waals surface area contributed by atoms with Crippen LogP contribution in [0.3, 0.4) is 0 Å². The predicted molar refractivity (Wildman–Crippen MR) is 170 cm³/mol. The van der Waals surface area contributed by atoms with Crippen LogP contribution in [0.25, 0.3) is 22.0 Å². The van der Waals surface area contributed by atoms with E-state index in [-0.39, 0.29) is 30.0 Å². The number of allylic oxidation sites excluding steroid dienone is 1. The van der Waals surface area contributed by atoms with E-state index in [0.717, 1.165) is 11.3 Å². The van der Waals surface area contributed by atoms with Gasteiger partial charge >= 0.3 is 0 Å². The molecule has 1 saturated carbocycles. The number of carbonyl (C=O) groups excluding carboxylic acids is 1. The summed E-state index contributed by atoms with van der Waals surface area (Å²) in [7, 11) is -0.107. The van der Waals surface area contributed by atoms with Crippen molar-refractivity contribution in [3.63, 3.8) is 0 Å². The number of H-pyrrole nitrogens is 1. The summed E-state index contributed by atoms with van der Waals surface area (Å²) in [6.45, 7) is 9.63. The molecule has 4 aromatic rings. The van der Waals surface area contributed by atoms with Crippen LogP contribution < -0.4 is 5.56 Å². The highest BCUT2D eigenvalue weighted by Gasteiger charge is 2.54. The van der Waals surface area contributed by atoms with E-state index in [1.165, 1.54) is 10.0 Å². The zero-order valence-corrected chi connectivity index (χ0v) is 26.2. The number of carbonyl (C=O) groups is 1. The number of fused-ring (bicyclic) bond motifs is 1. The zero-order chi connectivity index (χ0) is 31.3. The van der Waals surface area contributed by atoms with Crippen molar-refractivity contribution < 1.29 is 17.6 Å². The molecular weight excluding hydrogens is 565 g/mol. The number of hydrogen-bond donors (Lipinski definition) is 1. The van der Waals surface area contributed by atoms with Gasteiger partial charge in [0.1, 0.15) is 5.82 Å². The molecule has 0 saturated heterocycles. The van der Waals surface area contributed by atoms with Gasteiger partial charge in [-0.3, -0.25) is 9.59 Å². The molecule has 0 spiro atoms. The normalized spacial score (nSPS) is 14.4. The molecular formula is C34H38FN3O4S. The molecule has 43 heavy (non-hydrogen) atoms. The van der Waals surface area contributed by atoms with E-state index >= 15 is 0 Å². The summed E-state index contributed by atoms with van der Waals surface area (Å²) in [5, 5.41) is 0.567. The van der Waals surface area contributed by atoms with E-state index < -0.39 is 14.8 Å². The summed E-state index contributed by atoms with van der Waals surface area (Å²) >= 11 is 0. The molecule has 0 unspecified atom stereocenters. The zero-order valence-electron chi connectivity index (χ0n) is 25.4. The van der Waals surface area contributed by atoms with Gasteiger partial charge in [-0.1, -0.05) is 12.1 Å². The molecule has 5 rings (SSSR count). The fourth-order valence-electron chi connectivity index (χ4n) is 6.07. The highest BCUT2D eigenvalue weighted by Crippen LogP contribution is 2.49. The molecule has 0 atom stereocenters. The lowest BCUT2D eigenvalue weighted by molar-refractivity contribution is 0.0984. The largest absolute Gasteiger partial charge is 0.326 e. The molecule has 0 amide bonds. The maximum Gasteiger partial charge on any atom is 0.251 e. The van der Waals surface area contributed by atoms with Crippen molar-refractivity contribution in [2.75, 3.05) is 14.1 Å². The second-order valence-electron chi connectivity index (χ2n) is 12.1. The van der Waals surface area contributed by atoms with Gasteiger partial charge in [0.25, 0.3) is 5.56 Å². The van der Waals surface area contributed by atoms with Crippen LogP contribution in [0.4, 0.5) is 4.39 Å². The summed E-state index contributed by atoms with van der Waals surface area (Å²) < 4.78 is 43.2. The third-order valence-corrected chi connectivity index (χ3v) is 10.9. The van der Waals surface area contributed by atoms with Crippen LogP contribution in [0.2, 0.25) is 0 Å². The van der Waals surface area contributed by atoms with Crippen LogP contribution in [-0.2, 0) is 23.0 Å². The number of aromatic amines is 1. The lowest BCUT2D eigenvalue weighted by atomic mass is 9.93. The van der Waals surface area contributed by atoms with Gasteiger partial charge in [0, 0.05) is 46.9 Å². The Morgan fingerprint density at radius 3 is 2.44 bits per heavy atom. The number of pyridine rings is 1. The number of Topliss-reactive ketones (excluding diaryl/α,β-unsaturated/α-hetero) is 1. The molecule has 9 heteroatoms.